The molecule has 7 nitrogen and oxygen atoms in total. The highest BCUT2D eigenvalue weighted by Crippen LogP contribution is 2.53. The first-order valence-corrected chi connectivity index (χ1v) is 11.9. The molecule has 9 heteroatoms. The van der Waals surface area contributed by atoms with Crippen LogP contribution in [0, 0.1) is 11.2 Å². The number of nitrogens with one attached hydrogen (secondary N) is 1. The molecule has 2 atom stereocenters. The third-order valence-electron chi connectivity index (χ3n) is 7.23. The molecular formula is C23H32ClFN4O3. The van der Waals surface area contributed by atoms with Gasteiger partial charge < -0.3 is 25.1 Å². The molecule has 2 saturated heterocycles. The number of hydrogen-bond acceptors (Lipinski definition) is 4. The van der Waals surface area contributed by atoms with Gasteiger partial charge in [-0.05, 0) is 69.3 Å². The van der Waals surface area contributed by atoms with Crippen LogP contribution in [0.3, 0.4) is 0 Å². The van der Waals surface area contributed by atoms with Crippen molar-refractivity contribution in [2.45, 2.75) is 51.2 Å². The first-order valence-electron chi connectivity index (χ1n) is 11.5. The van der Waals surface area contributed by atoms with Crippen molar-refractivity contribution in [3.05, 3.63) is 29.0 Å². The summed E-state index contributed by atoms with van der Waals surface area (Å²) in [5.41, 5.74) is 0.226. The largest absolute Gasteiger partial charge is 0.391 e. The van der Waals surface area contributed by atoms with Gasteiger partial charge in [0, 0.05) is 43.7 Å². The number of hydrogen-bond donors (Lipinski definition) is 2. The van der Waals surface area contributed by atoms with Gasteiger partial charge in [-0.1, -0.05) is 11.6 Å². The Morgan fingerprint density at radius 3 is 2.75 bits per heavy atom. The zero-order valence-corrected chi connectivity index (χ0v) is 19.3. The van der Waals surface area contributed by atoms with E-state index < -0.39 is 11.8 Å². The van der Waals surface area contributed by atoms with Gasteiger partial charge in [0.15, 0.2) is 0 Å². The molecule has 32 heavy (non-hydrogen) atoms. The Morgan fingerprint density at radius 1 is 1.25 bits per heavy atom. The molecule has 2 unspecified atom stereocenters. The summed E-state index contributed by atoms with van der Waals surface area (Å²) in [6.07, 6.45) is 4.20. The van der Waals surface area contributed by atoms with Crippen LogP contribution in [0.2, 0.25) is 5.02 Å². The predicted molar refractivity (Wildman–Crippen MR) is 121 cm³/mol. The van der Waals surface area contributed by atoms with Crippen molar-refractivity contribution < 1.29 is 19.1 Å². The molecule has 1 aromatic rings. The van der Waals surface area contributed by atoms with Gasteiger partial charge in [0.1, 0.15) is 5.82 Å². The number of aliphatic hydroxyl groups is 1. The number of rotatable bonds is 5. The summed E-state index contributed by atoms with van der Waals surface area (Å²) >= 11 is 5.91. The zero-order valence-electron chi connectivity index (χ0n) is 18.5. The van der Waals surface area contributed by atoms with E-state index in [0.29, 0.717) is 18.1 Å². The lowest BCUT2D eigenvalue weighted by atomic mass is 9.90. The number of likely N-dealkylation sites (tertiary alicyclic amines) is 1. The summed E-state index contributed by atoms with van der Waals surface area (Å²) in [5, 5.41) is 13.3. The molecule has 1 spiro atoms. The summed E-state index contributed by atoms with van der Waals surface area (Å²) in [5.74, 6) is -0.532. The zero-order chi connectivity index (χ0) is 22.9. The fraction of sp³-hybridized carbons (Fsp3) is 0.652. The summed E-state index contributed by atoms with van der Waals surface area (Å²) in [6, 6.07) is 3.37. The maximum absolute atomic E-state index is 14.0. The average molecular weight is 467 g/mol. The molecule has 1 aromatic carbocycles. The van der Waals surface area contributed by atoms with Gasteiger partial charge in [-0.2, -0.15) is 0 Å². The third kappa shape index (κ3) is 5.18. The Morgan fingerprint density at radius 2 is 2.03 bits per heavy atom. The molecule has 2 N–H and O–H groups in total. The Kier molecular flexibility index (Phi) is 6.93. The Bertz CT molecular complexity index is 866. The first kappa shape index (κ1) is 23.3. The van der Waals surface area contributed by atoms with Crippen LogP contribution in [-0.2, 0) is 4.79 Å². The van der Waals surface area contributed by atoms with Crippen molar-refractivity contribution in [3.63, 3.8) is 0 Å². The minimum absolute atomic E-state index is 0.0247. The number of nitrogens with zero attached hydrogens (tertiary/aromatic N) is 3. The first-order chi connectivity index (χ1) is 15.3. The van der Waals surface area contributed by atoms with Gasteiger partial charge in [-0.3, -0.25) is 4.79 Å². The maximum Gasteiger partial charge on any atom is 0.322 e. The predicted octanol–water partition coefficient (Wildman–Crippen LogP) is 3.17. The molecule has 0 radical (unpaired) electrons. The minimum Gasteiger partial charge on any atom is -0.391 e. The van der Waals surface area contributed by atoms with E-state index in [2.05, 4.69) is 10.2 Å². The van der Waals surface area contributed by atoms with Crippen LogP contribution in [0.1, 0.15) is 39.0 Å². The lowest BCUT2D eigenvalue weighted by Gasteiger charge is -2.36. The number of benzene rings is 1. The summed E-state index contributed by atoms with van der Waals surface area (Å²) in [4.78, 5) is 31.1. The number of carbonyl (C=O) groups is 2. The number of piperidine rings is 1. The van der Waals surface area contributed by atoms with E-state index in [1.807, 2.05) is 11.8 Å². The second kappa shape index (κ2) is 9.53. The fourth-order valence-corrected chi connectivity index (χ4v) is 5.09. The Hall–Kier alpha value is -1.90. The highest BCUT2D eigenvalue weighted by atomic mass is 35.5. The Labute approximate surface area is 193 Å². The molecule has 176 valence electrons. The highest BCUT2D eigenvalue weighted by molar-refractivity contribution is 6.30. The van der Waals surface area contributed by atoms with E-state index in [9.17, 15) is 19.1 Å². The molecule has 3 amide bonds. The molecule has 3 aliphatic rings. The van der Waals surface area contributed by atoms with Crippen LogP contribution in [-0.4, -0.2) is 83.2 Å². The fourth-order valence-electron chi connectivity index (χ4n) is 4.92. The van der Waals surface area contributed by atoms with Crippen LogP contribution in [0.5, 0.6) is 0 Å². The van der Waals surface area contributed by atoms with E-state index in [-0.39, 0.29) is 42.1 Å². The number of anilines is 1. The van der Waals surface area contributed by atoms with Crippen LogP contribution < -0.4 is 5.32 Å². The van der Waals surface area contributed by atoms with Crippen LogP contribution in [0.15, 0.2) is 18.2 Å². The monoisotopic (exact) mass is 466 g/mol. The maximum atomic E-state index is 14.0. The van der Waals surface area contributed by atoms with E-state index in [0.717, 1.165) is 45.3 Å². The van der Waals surface area contributed by atoms with E-state index >= 15 is 0 Å². The molecule has 2 heterocycles. The number of amides is 3. The van der Waals surface area contributed by atoms with Crippen molar-refractivity contribution in [2.24, 2.45) is 5.41 Å². The van der Waals surface area contributed by atoms with Crippen molar-refractivity contribution in [3.8, 4) is 0 Å². The van der Waals surface area contributed by atoms with Gasteiger partial charge in [0.25, 0.3) is 0 Å². The topological polar surface area (TPSA) is 76.1 Å². The van der Waals surface area contributed by atoms with Gasteiger partial charge in [-0.25, -0.2) is 9.18 Å². The molecular weight excluding hydrogens is 435 g/mol. The standard InChI is InChI=1S/C23H32ClFN4O3/c1-16-14-28(10-2-9-27-12-8-23(6-7-23)20(30)15-27)21(31)5-11-29(16)22(32)26-19-13-17(24)3-4-18(19)25/h3-4,13,16,20,30H,2,5-12,14-15H2,1H3,(H,26,32). The quantitative estimate of drug-likeness (QED) is 0.698. The smallest absolute Gasteiger partial charge is 0.322 e. The van der Waals surface area contributed by atoms with Gasteiger partial charge in [-0.15, -0.1) is 0 Å². The van der Waals surface area contributed by atoms with Crippen molar-refractivity contribution >= 4 is 29.2 Å². The molecule has 2 aliphatic heterocycles. The number of β-amino-alcohol motifs (C(OH)–C–C–N with tert-alkyl or cyclic N) is 1. The van der Waals surface area contributed by atoms with Crippen molar-refractivity contribution in [1.82, 2.24) is 14.7 Å². The third-order valence-corrected chi connectivity index (χ3v) is 7.46. The molecule has 1 saturated carbocycles. The van der Waals surface area contributed by atoms with Gasteiger partial charge >= 0.3 is 6.03 Å². The van der Waals surface area contributed by atoms with Gasteiger partial charge in [0.2, 0.25) is 5.91 Å². The Balaban J connectivity index is 1.27. The minimum atomic E-state index is -0.557. The second-order valence-electron chi connectivity index (χ2n) is 9.47. The number of urea groups is 1. The number of carbonyl (C=O) groups excluding carboxylic acids is 2. The average Bonchev–Trinajstić information content (AvgIpc) is 3.54. The molecule has 0 bridgehead atoms. The van der Waals surface area contributed by atoms with E-state index in [1.54, 1.807) is 4.90 Å². The normalized spacial score (nSPS) is 25.7. The number of aliphatic hydroxyl groups excluding tert-OH is 1. The lowest BCUT2D eigenvalue weighted by Crippen LogP contribution is -2.46. The van der Waals surface area contributed by atoms with E-state index in [4.69, 9.17) is 11.6 Å². The van der Waals surface area contributed by atoms with Gasteiger partial charge in [0.05, 0.1) is 11.8 Å². The number of halogens is 2. The van der Waals surface area contributed by atoms with Crippen molar-refractivity contribution in [1.29, 1.82) is 0 Å². The van der Waals surface area contributed by atoms with E-state index in [1.165, 1.54) is 18.2 Å². The summed E-state index contributed by atoms with van der Waals surface area (Å²) in [7, 11) is 0. The summed E-state index contributed by atoms with van der Waals surface area (Å²) < 4.78 is 14.0. The highest BCUT2D eigenvalue weighted by Gasteiger charge is 2.51. The van der Waals surface area contributed by atoms with Crippen LogP contribution in [0.4, 0.5) is 14.9 Å². The van der Waals surface area contributed by atoms with Crippen LogP contribution >= 0.6 is 11.6 Å². The summed E-state index contributed by atoms with van der Waals surface area (Å²) in [6.45, 7) is 5.83. The molecule has 1 aliphatic carbocycles. The second-order valence-corrected chi connectivity index (χ2v) is 9.91. The molecule has 3 fully saturated rings. The van der Waals surface area contributed by atoms with Crippen molar-refractivity contribution in [2.75, 3.05) is 44.6 Å². The lowest BCUT2D eigenvalue weighted by molar-refractivity contribution is -0.130. The SMILES string of the molecule is CC1CN(CCCN2CCC3(CC3)C(O)C2)C(=O)CCN1C(=O)Nc1cc(Cl)ccc1F. The molecule has 0 aromatic heterocycles. The van der Waals surface area contributed by atoms with Crippen LogP contribution in [0.25, 0.3) is 0 Å². The molecule has 4 rings (SSSR count).